The molecule has 1 aromatic heterocycles. The number of rotatable bonds is 3. The van der Waals surface area contributed by atoms with E-state index in [4.69, 9.17) is 16.4 Å². The van der Waals surface area contributed by atoms with E-state index in [0.29, 0.717) is 16.3 Å². The summed E-state index contributed by atoms with van der Waals surface area (Å²) in [5.74, 6) is -1.36. The highest BCUT2D eigenvalue weighted by Gasteiger charge is 2.61. The van der Waals surface area contributed by atoms with Gasteiger partial charge in [0.25, 0.3) is 5.91 Å². The fourth-order valence-corrected chi connectivity index (χ4v) is 5.43. The molecule has 2 aliphatic heterocycles. The highest BCUT2D eigenvalue weighted by molar-refractivity contribution is 6.32. The molecule has 0 aliphatic carbocycles. The quantitative estimate of drug-likeness (QED) is 0.401. The van der Waals surface area contributed by atoms with Crippen molar-refractivity contribution in [2.45, 2.75) is 26.0 Å². The molecular formula is C27H22ClN3O3. The summed E-state index contributed by atoms with van der Waals surface area (Å²) in [4.78, 5) is 38.5. The molecule has 6 rings (SSSR count). The second-order valence-electron chi connectivity index (χ2n) is 8.76. The molecule has 170 valence electrons. The number of H-pyrrole nitrogens is 1. The summed E-state index contributed by atoms with van der Waals surface area (Å²) in [6.07, 6.45) is -0.927. The number of nitrogens with zero attached hydrogens (tertiary/aromatic N) is 2. The number of anilines is 2. The summed E-state index contributed by atoms with van der Waals surface area (Å²) in [6, 6.07) is 22.3. The third kappa shape index (κ3) is 2.92. The van der Waals surface area contributed by atoms with Crippen LogP contribution in [0.4, 0.5) is 11.4 Å². The zero-order chi connectivity index (χ0) is 23.6. The number of aromatic amines is 1. The summed E-state index contributed by atoms with van der Waals surface area (Å²) >= 11 is 6.31. The first kappa shape index (κ1) is 21.0. The molecule has 34 heavy (non-hydrogen) atoms. The monoisotopic (exact) mass is 471 g/mol. The van der Waals surface area contributed by atoms with Crippen molar-refractivity contribution in [2.75, 3.05) is 9.96 Å². The van der Waals surface area contributed by atoms with Gasteiger partial charge in [0.2, 0.25) is 5.91 Å². The van der Waals surface area contributed by atoms with Crippen LogP contribution in [0.1, 0.15) is 22.9 Å². The van der Waals surface area contributed by atoms with E-state index in [0.717, 1.165) is 27.8 Å². The van der Waals surface area contributed by atoms with Gasteiger partial charge in [0.1, 0.15) is 5.92 Å². The smallest absolute Gasteiger partial charge is 0.266 e. The van der Waals surface area contributed by atoms with Crippen LogP contribution in [0.15, 0.2) is 72.8 Å². The Bertz CT molecular complexity index is 1450. The average molecular weight is 472 g/mol. The number of amides is 2. The van der Waals surface area contributed by atoms with Gasteiger partial charge in [-0.25, -0.2) is 9.96 Å². The number of carbonyl (C=O) groups is 2. The fraction of sp³-hybridized carbons (Fsp3) is 0.185. The molecule has 2 amide bonds. The number of benzene rings is 3. The summed E-state index contributed by atoms with van der Waals surface area (Å²) in [6.45, 7) is 3.80. The fourth-order valence-electron chi connectivity index (χ4n) is 5.26. The maximum absolute atomic E-state index is 13.9. The summed E-state index contributed by atoms with van der Waals surface area (Å²) in [5, 5.41) is 3.24. The van der Waals surface area contributed by atoms with Crippen molar-refractivity contribution >= 4 is 45.7 Å². The number of nitrogens with one attached hydrogen (secondary N) is 1. The number of hydrogen-bond acceptors (Lipinski definition) is 4. The highest BCUT2D eigenvalue weighted by atomic mass is 35.5. The average Bonchev–Trinajstić information content (AvgIpc) is 3.46. The lowest BCUT2D eigenvalue weighted by atomic mass is 9.89. The predicted octanol–water partition coefficient (Wildman–Crippen LogP) is 5.49. The van der Waals surface area contributed by atoms with Crippen molar-refractivity contribution in [3.8, 4) is 0 Å². The van der Waals surface area contributed by atoms with Crippen LogP contribution in [0.5, 0.6) is 0 Å². The summed E-state index contributed by atoms with van der Waals surface area (Å²) in [5.41, 5.74) is 4.85. The number of aryl methyl sites for hydroxylation is 1. The Hall–Kier alpha value is -3.61. The van der Waals surface area contributed by atoms with Gasteiger partial charge in [-0.3, -0.25) is 14.4 Å². The zero-order valence-electron chi connectivity index (χ0n) is 18.7. The number of carbonyl (C=O) groups excluding carboxylic acids is 2. The lowest BCUT2D eigenvalue weighted by molar-refractivity contribution is -0.126. The molecule has 0 unspecified atom stereocenters. The molecule has 2 saturated heterocycles. The van der Waals surface area contributed by atoms with E-state index >= 15 is 0 Å². The summed E-state index contributed by atoms with van der Waals surface area (Å²) < 4.78 is 0. The molecule has 4 aromatic rings. The molecule has 7 heteroatoms. The first-order valence-corrected chi connectivity index (χ1v) is 11.6. The van der Waals surface area contributed by atoms with Crippen molar-refractivity contribution < 1.29 is 14.4 Å². The second-order valence-corrected chi connectivity index (χ2v) is 9.17. The van der Waals surface area contributed by atoms with E-state index in [-0.39, 0.29) is 11.8 Å². The molecule has 0 spiro atoms. The lowest BCUT2D eigenvalue weighted by Gasteiger charge is -2.29. The summed E-state index contributed by atoms with van der Waals surface area (Å²) in [7, 11) is 0. The van der Waals surface area contributed by atoms with Gasteiger partial charge in [-0.15, -0.1) is 0 Å². The number of halogens is 1. The molecule has 2 aliphatic rings. The molecule has 0 bridgehead atoms. The topological polar surface area (TPSA) is 65.6 Å². The van der Waals surface area contributed by atoms with Crippen molar-refractivity contribution in [1.82, 2.24) is 4.98 Å². The second kappa shape index (κ2) is 7.72. The van der Waals surface area contributed by atoms with Gasteiger partial charge in [0.05, 0.1) is 17.4 Å². The highest BCUT2D eigenvalue weighted by Crippen LogP contribution is 2.50. The van der Waals surface area contributed by atoms with Crippen molar-refractivity contribution in [2.24, 2.45) is 5.92 Å². The number of hydrogen-bond donors (Lipinski definition) is 1. The van der Waals surface area contributed by atoms with Crippen LogP contribution in [-0.4, -0.2) is 22.9 Å². The normalized spacial score (nSPS) is 22.1. The predicted molar refractivity (Wildman–Crippen MR) is 132 cm³/mol. The minimum atomic E-state index is -0.927. The molecule has 2 fully saturated rings. The van der Waals surface area contributed by atoms with E-state index in [1.54, 1.807) is 23.3 Å². The van der Waals surface area contributed by atoms with Crippen LogP contribution in [0, 0.1) is 19.8 Å². The number of imide groups is 1. The maximum Gasteiger partial charge on any atom is 0.266 e. The van der Waals surface area contributed by atoms with Crippen molar-refractivity contribution in [3.05, 3.63) is 94.6 Å². The number of fused-ring (bicyclic) bond motifs is 2. The van der Waals surface area contributed by atoms with Gasteiger partial charge < -0.3 is 4.98 Å². The van der Waals surface area contributed by atoms with Gasteiger partial charge in [-0.2, -0.15) is 0 Å². The molecule has 1 N–H and O–H groups in total. The number of hydroxylamine groups is 1. The Balaban J connectivity index is 1.53. The van der Waals surface area contributed by atoms with E-state index in [2.05, 4.69) is 4.98 Å². The van der Waals surface area contributed by atoms with Crippen LogP contribution >= 0.6 is 11.6 Å². The molecule has 0 saturated carbocycles. The third-order valence-corrected chi connectivity index (χ3v) is 7.25. The van der Waals surface area contributed by atoms with Gasteiger partial charge in [0.15, 0.2) is 6.10 Å². The maximum atomic E-state index is 13.9. The Morgan fingerprint density at radius 2 is 1.62 bits per heavy atom. The molecule has 6 nitrogen and oxygen atoms in total. The van der Waals surface area contributed by atoms with E-state index in [1.807, 2.05) is 68.4 Å². The molecule has 3 atom stereocenters. The number of aromatic nitrogens is 1. The van der Waals surface area contributed by atoms with E-state index in [1.165, 1.54) is 4.90 Å². The Kier molecular flexibility index (Phi) is 4.76. The van der Waals surface area contributed by atoms with E-state index < -0.39 is 18.1 Å². The van der Waals surface area contributed by atoms with Gasteiger partial charge >= 0.3 is 0 Å². The van der Waals surface area contributed by atoms with Gasteiger partial charge in [0, 0.05) is 27.2 Å². The van der Waals surface area contributed by atoms with E-state index in [9.17, 15) is 9.59 Å². The van der Waals surface area contributed by atoms with Crippen LogP contribution in [0.2, 0.25) is 5.02 Å². The third-order valence-electron chi connectivity index (χ3n) is 6.85. The first-order valence-electron chi connectivity index (χ1n) is 11.2. The van der Waals surface area contributed by atoms with Crippen molar-refractivity contribution in [1.29, 1.82) is 0 Å². The Morgan fingerprint density at radius 3 is 2.41 bits per heavy atom. The standard InChI is InChI=1S/C27H22ClN3O3/c1-15-19(28)12-8-14-21(15)30-26(32)23-24(22-16(2)29-20-13-7-6-11-18(20)22)31(34-25(23)27(30)33)17-9-4-3-5-10-17/h3-14,23-25,29H,1-2H3/t23-,24-,25+/m0/s1. The SMILES string of the molecule is Cc1[nH]c2ccccc2c1[C@H]1[C@@H]2C(=O)N(c3cccc(Cl)c3C)C(=O)[C@@H]2ON1c1ccccc1. The van der Waals surface area contributed by atoms with Crippen LogP contribution in [0.3, 0.4) is 0 Å². The zero-order valence-corrected chi connectivity index (χ0v) is 19.4. The molecule has 0 radical (unpaired) electrons. The molecule has 3 heterocycles. The van der Waals surface area contributed by atoms with Gasteiger partial charge in [-0.1, -0.05) is 54.1 Å². The first-order chi connectivity index (χ1) is 16.5. The minimum absolute atomic E-state index is 0.284. The molecule has 3 aromatic carbocycles. The number of para-hydroxylation sites is 2. The minimum Gasteiger partial charge on any atom is -0.358 e. The Morgan fingerprint density at radius 1 is 0.882 bits per heavy atom. The van der Waals surface area contributed by atoms with Crippen LogP contribution in [0.25, 0.3) is 10.9 Å². The molecular weight excluding hydrogens is 450 g/mol. The lowest BCUT2D eigenvalue weighted by Crippen LogP contribution is -2.37. The largest absolute Gasteiger partial charge is 0.358 e. The van der Waals surface area contributed by atoms with Crippen LogP contribution in [-0.2, 0) is 14.4 Å². The van der Waals surface area contributed by atoms with Crippen LogP contribution < -0.4 is 9.96 Å². The Labute approximate surface area is 201 Å². The van der Waals surface area contributed by atoms with Crippen molar-refractivity contribution in [3.63, 3.8) is 0 Å². The van der Waals surface area contributed by atoms with Gasteiger partial charge in [-0.05, 0) is 49.7 Å².